The van der Waals surface area contributed by atoms with E-state index in [1.165, 1.54) is 186 Å². The summed E-state index contributed by atoms with van der Waals surface area (Å²) in [6, 6.07) is 0. The summed E-state index contributed by atoms with van der Waals surface area (Å²) in [5.41, 5.74) is 0. The van der Waals surface area contributed by atoms with Crippen LogP contribution in [0.3, 0.4) is 0 Å². The SMILES string of the molecule is CCCCCCCCCCCCCC(=O)O[C@H](COC(=O)CCCCCCCCC)COP(=O)(O)OC[C@H](O)COP(=O)(O)OC[C@@H](COC(=O)CCCCCCCCCCCCCCCCC(C)C)OC(=O)CCCCCCCCCCCCCCCCC(C)CC. The van der Waals surface area contributed by atoms with Crippen LogP contribution >= 0.6 is 15.6 Å². The largest absolute Gasteiger partial charge is 0.472 e. The molecule has 0 heterocycles. The minimum absolute atomic E-state index is 0.107. The van der Waals surface area contributed by atoms with Gasteiger partial charge in [-0.3, -0.25) is 37.3 Å². The molecule has 0 aliphatic rings. The number of hydrogen-bond acceptors (Lipinski definition) is 15. The number of carbonyl (C=O) groups excluding carboxylic acids is 4. The van der Waals surface area contributed by atoms with Crippen LogP contribution in [0.5, 0.6) is 0 Å². The topological polar surface area (TPSA) is 237 Å². The molecule has 0 aromatic heterocycles. The van der Waals surface area contributed by atoms with E-state index in [1.807, 2.05) is 0 Å². The van der Waals surface area contributed by atoms with Crippen LogP contribution in [0.2, 0.25) is 0 Å². The van der Waals surface area contributed by atoms with Gasteiger partial charge >= 0.3 is 39.5 Å². The molecule has 0 saturated heterocycles. The number of aliphatic hydroxyl groups is 1. The van der Waals surface area contributed by atoms with Crippen molar-refractivity contribution < 1.29 is 80.2 Å². The highest BCUT2D eigenvalue weighted by molar-refractivity contribution is 7.47. The molecule has 0 rings (SSSR count). The van der Waals surface area contributed by atoms with E-state index < -0.39 is 97.5 Å². The minimum atomic E-state index is -4.95. The summed E-state index contributed by atoms with van der Waals surface area (Å²) >= 11 is 0. The Bertz CT molecular complexity index is 1810. The Hall–Kier alpha value is -1.94. The summed E-state index contributed by atoms with van der Waals surface area (Å²) in [6.45, 7) is 9.62. The predicted molar refractivity (Wildman–Crippen MR) is 377 cm³/mol. The summed E-state index contributed by atoms with van der Waals surface area (Å²) in [6.07, 6.45) is 52.7. The number of rotatable bonds is 73. The number of aliphatic hydroxyl groups excluding tert-OH is 1. The van der Waals surface area contributed by atoms with Crippen molar-refractivity contribution in [2.45, 2.75) is 400 Å². The lowest BCUT2D eigenvalue weighted by molar-refractivity contribution is -0.161. The lowest BCUT2D eigenvalue weighted by Crippen LogP contribution is -2.30. The molecule has 17 nitrogen and oxygen atoms in total. The summed E-state index contributed by atoms with van der Waals surface area (Å²) in [5, 5.41) is 10.6. The van der Waals surface area contributed by atoms with E-state index in [-0.39, 0.29) is 25.7 Å². The van der Waals surface area contributed by atoms with Crippen LogP contribution in [0.25, 0.3) is 0 Å². The summed E-state index contributed by atoms with van der Waals surface area (Å²) < 4.78 is 68.3. The predicted octanol–water partition coefficient (Wildman–Crippen LogP) is 21.6. The van der Waals surface area contributed by atoms with Crippen molar-refractivity contribution in [3.63, 3.8) is 0 Å². The van der Waals surface area contributed by atoms with Gasteiger partial charge in [-0.2, -0.15) is 0 Å². The van der Waals surface area contributed by atoms with E-state index in [0.717, 1.165) is 115 Å². The van der Waals surface area contributed by atoms with Gasteiger partial charge in [-0.05, 0) is 37.5 Å². The van der Waals surface area contributed by atoms with Gasteiger partial charge in [0.15, 0.2) is 12.2 Å². The van der Waals surface area contributed by atoms with Crippen LogP contribution in [0.4, 0.5) is 0 Å². The maximum Gasteiger partial charge on any atom is 0.472 e. The number of hydrogen-bond donors (Lipinski definition) is 3. The molecule has 552 valence electrons. The van der Waals surface area contributed by atoms with Crippen molar-refractivity contribution in [2.24, 2.45) is 11.8 Å². The molecule has 6 atom stereocenters. The molecular formula is C74H144O17P2. The second-order valence-corrected chi connectivity index (χ2v) is 30.3. The van der Waals surface area contributed by atoms with Crippen molar-refractivity contribution >= 4 is 39.5 Å². The van der Waals surface area contributed by atoms with Gasteiger partial charge in [0.2, 0.25) is 0 Å². The number of phosphoric ester groups is 2. The third-order valence-corrected chi connectivity index (χ3v) is 19.5. The van der Waals surface area contributed by atoms with Gasteiger partial charge < -0.3 is 33.8 Å². The van der Waals surface area contributed by atoms with Gasteiger partial charge in [-0.25, -0.2) is 9.13 Å². The zero-order valence-electron chi connectivity index (χ0n) is 60.6. The van der Waals surface area contributed by atoms with Crippen molar-refractivity contribution in [1.29, 1.82) is 0 Å². The first-order valence-corrected chi connectivity index (χ1v) is 41.5. The highest BCUT2D eigenvalue weighted by atomic mass is 31.2. The number of ether oxygens (including phenoxy) is 4. The lowest BCUT2D eigenvalue weighted by Gasteiger charge is -2.21. The third kappa shape index (κ3) is 67.0. The smallest absolute Gasteiger partial charge is 0.462 e. The maximum atomic E-state index is 13.1. The fraction of sp³-hybridized carbons (Fsp3) is 0.946. The lowest BCUT2D eigenvalue weighted by atomic mass is 9.99. The molecule has 0 fully saturated rings. The molecule has 0 amide bonds. The quantitative estimate of drug-likeness (QED) is 0.0222. The first-order chi connectivity index (χ1) is 44.9. The number of unbranched alkanes of at least 4 members (excludes halogenated alkanes) is 42. The fourth-order valence-corrected chi connectivity index (χ4v) is 12.8. The third-order valence-electron chi connectivity index (χ3n) is 17.6. The van der Waals surface area contributed by atoms with Crippen molar-refractivity contribution in [1.82, 2.24) is 0 Å². The highest BCUT2D eigenvalue weighted by Gasteiger charge is 2.30. The molecule has 0 aromatic carbocycles. The monoisotopic (exact) mass is 1370 g/mol. The summed E-state index contributed by atoms with van der Waals surface area (Å²) in [7, 11) is -9.90. The molecule has 0 radical (unpaired) electrons. The summed E-state index contributed by atoms with van der Waals surface area (Å²) in [4.78, 5) is 72.6. The van der Waals surface area contributed by atoms with Crippen LogP contribution in [0.1, 0.15) is 382 Å². The van der Waals surface area contributed by atoms with Gasteiger partial charge in [0.1, 0.15) is 19.3 Å². The normalized spacial score (nSPS) is 14.3. The first kappa shape index (κ1) is 91.1. The second-order valence-electron chi connectivity index (χ2n) is 27.4. The van der Waals surface area contributed by atoms with Crippen molar-refractivity contribution in [2.75, 3.05) is 39.6 Å². The Labute approximate surface area is 568 Å². The molecule has 0 spiro atoms. The fourth-order valence-electron chi connectivity index (χ4n) is 11.3. The number of phosphoric acid groups is 2. The van der Waals surface area contributed by atoms with Crippen molar-refractivity contribution in [3.8, 4) is 0 Å². The van der Waals surface area contributed by atoms with E-state index in [0.29, 0.717) is 25.7 Å². The van der Waals surface area contributed by atoms with E-state index in [4.69, 9.17) is 37.0 Å². The molecule has 0 aromatic rings. The Morgan fingerprint density at radius 2 is 0.548 bits per heavy atom. The Kier molecular flexibility index (Phi) is 64.6. The number of carbonyl (C=O) groups is 4. The van der Waals surface area contributed by atoms with E-state index in [9.17, 15) is 43.2 Å². The Morgan fingerprint density at radius 1 is 0.312 bits per heavy atom. The molecule has 19 heteroatoms. The second kappa shape index (κ2) is 66.0. The summed E-state index contributed by atoms with van der Waals surface area (Å²) in [5.74, 6) is -0.477. The van der Waals surface area contributed by atoms with Crippen LogP contribution in [0.15, 0.2) is 0 Å². The minimum Gasteiger partial charge on any atom is -0.462 e. The van der Waals surface area contributed by atoms with Crippen LogP contribution in [-0.2, 0) is 65.4 Å². The number of esters is 4. The van der Waals surface area contributed by atoms with Gasteiger partial charge in [0, 0.05) is 25.7 Å². The van der Waals surface area contributed by atoms with E-state index >= 15 is 0 Å². The average Bonchev–Trinajstić information content (AvgIpc) is 1.52. The highest BCUT2D eigenvalue weighted by Crippen LogP contribution is 2.45. The van der Waals surface area contributed by atoms with Gasteiger partial charge in [0.25, 0.3) is 0 Å². The Morgan fingerprint density at radius 3 is 0.817 bits per heavy atom. The van der Waals surface area contributed by atoms with Crippen LogP contribution < -0.4 is 0 Å². The molecule has 3 unspecified atom stereocenters. The molecule has 93 heavy (non-hydrogen) atoms. The molecule has 0 bridgehead atoms. The molecule has 0 saturated carbocycles. The molecular weight excluding hydrogens is 1220 g/mol. The van der Waals surface area contributed by atoms with E-state index in [2.05, 4.69) is 41.5 Å². The van der Waals surface area contributed by atoms with Crippen LogP contribution in [0, 0.1) is 11.8 Å². The van der Waals surface area contributed by atoms with Crippen molar-refractivity contribution in [3.05, 3.63) is 0 Å². The maximum absolute atomic E-state index is 13.1. The standard InChI is InChI=1S/C74H144O17P2/c1-7-10-12-14-16-17-26-34-40-46-52-58-73(78)90-69(62-84-71(76)56-50-44-36-15-13-11-8-2)64-88-92(80,81)86-60-68(75)61-87-93(82,83)89-65-70(63-85-72(77)57-51-45-39-33-29-24-20-18-22-27-31-37-42-48-54-66(4)5)91-74(79)59-53-47-41-35-30-25-21-19-23-28-32-38-43-49-55-67(6)9-3/h66-70,75H,7-65H2,1-6H3,(H,80,81)(H,82,83)/t67?,68-,69+,70+/m0/s1. The van der Waals surface area contributed by atoms with Gasteiger partial charge in [-0.1, -0.05) is 330 Å². The molecule has 0 aliphatic heterocycles. The zero-order valence-corrected chi connectivity index (χ0v) is 62.3. The molecule has 0 aliphatic carbocycles. The van der Waals surface area contributed by atoms with Gasteiger partial charge in [0.05, 0.1) is 26.4 Å². The first-order valence-electron chi connectivity index (χ1n) is 38.5. The zero-order chi connectivity index (χ0) is 68.6. The average molecular weight is 1370 g/mol. The van der Waals surface area contributed by atoms with Crippen LogP contribution in [-0.4, -0.2) is 96.7 Å². The molecule has 3 N–H and O–H groups in total. The van der Waals surface area contributed by atoms with E-state index in [1.54, 1.807) is 0 Å². The van der Waals surface area contributed by atoms with Gasteiger partial charge in [-0.15, -0.1) is 0 Å². The Balaban J connectivity index is 5.19.